The summed E-state index contributed by atoms with van der Waals surface area (Å²) in [6.07, 6.45) is 3.92. The zero-order chi connectivity index (χ0) is 11.3. The van der Waals surface area contributed by atoms with E-state index < -0.39 is 0 Å². The molecule has 0 heterocycles. The van der Waals surface area contributed by atoms with Crippen LogP contribution in [-0.2, 0) is 0 Å². The van der Waals surface area contributed by atoms with Crippen molar-refractivity contribution in [3.8, 4) is 6.07 Å². The van der Waals surface area contributed by atoms with Crippen molar-refractivity contribution < 1.29 is 4.79 Å². The first-order valence-corrected chi connectivity index (χ1v) is 4.87. The van der Waals surface area contributed by atoms with Gasteiger partial charge in [0, 0.05) is 5.56 Å². The average Bonchev–Trinajstić information content (AvgIpc) is 2.17. The lowest BCUT2D eigenvalue weighted by molar-refractivity contribution is 0.101. The van der Waals surface area contributed by atoms with E-state index >= 15 is 0 Å². The molecule has 0 saturated heterocycles. The van der Waals surface area contributed by atoms with Crippen LogP contribution in [0.25, 0.3) is 6.08 Å². The highest BCUT2D eigenvalue weighted by atomic mass is 35.5. The SMILES string of the molecule is CC(=O)c1ccc(C=CCC#N)cc1Cl. The van der Waals surface area contributed by atoms with E-state index in [2.05, 4.69) is 0 Å². The molecule has 0 aliphatic rings. The summed E-state index contributed by atoms with van der Waals surface area (Å²) in [7, 11) is 0. The highest BCUT2D eigenvalue weighted by Crippen LogP contribution is 2.19. The maximum absolute atomic E-state index is 11.1. The summed E-state index contributed by atoms with van der Waals surface area (Å²) >= 11 is 5.92. The molecular formula is C12H10ClNO. The number of ketones is 1. The van der Waals surface area contributed by atoms with Gasteiger partial charge in [-0.1, -0.05) is 29.8 Å². The van der Waals surface area contributed by atoms with E-state index in [1.165, 1.54) is 6.92 Å². The number of allylic oxidation sites excluding steroid dienone is 1. The Morgan fingerprint density at radius 3 is 2.87 bits per heavy atom. The van der Waals surface area contributed by atoms with Gasteiger partial charge in [-0.3, -0.25) is 4.79 Å². The molecule has 0 aliphatic heterocycles. The van der Waals surface area contributed by atoms with Gasteiger partial charge in [0.15, 0.2) is 5.78 Å². The summed E-state index contributed by atoms with van der Waals surface area (Å²) in [6.45, 7) is 1.48. The Morgan fingerprint density at radius 2 is 2.33 bits per heavy atom. The number of nitrogens with zero attached hydrogens (tertiary/aromatic N) is 1. The Hall–Kier alpha value is -1.59. The van der Waals surface area contributed by atoms with Crippen molar-refractivity contribution in [1.29, 1.82) is 5.26 Å². The van der Waals surface area contributed by atoms with Gasteiger partial charge < -0.3 is 0 Å². The average molecular weight is 220 g/mol. The first kappa shape index (κ1) is 11.5. The second-order valence-electron chi connectivity index (χ2n) is 3.06. The third-order valence-electron chi connectivity index (χ3n) is 1.89. The molecule has 76 valence electrons. The number of benzene rings is 1. The first-order chi connectivity index (χ1) is 7.15. The molecule has 0 bridgehead atoms. The molecule has 0 amide bonds. The van der Waals surface area contributed by atoms with Gasteiger partial charge in [0.1, 0.15) is 0 Å². The molecule has 0 aromatic heterocycles. The minimum Gasteiger partial charge on any atom is -0.294 e. The molecule has 0 atom stereocenters. The third-order valence-corrected chi connectivity index (χ3v) is 2.20. The molecule has 3 heteroatoms. The molecule has 0 fully saturated rings. The maximum atomic E-state index is 11.1. The summed E-state index contributed by atoms with van der Waals surface area (Å²) in [5.41, 5.74) is 1.41. The molecule has 0 radical (unpaired) electrons. The van der Waals surface area contributed by atoms with Crippen LogP contribution in [-0.4, -0.2) is 5.78 Å². The fraction of sp³-hybridized carbons (Fsp3) is 0.167. The number of rotatable bonds is 3. The Morgan fingerprint density at radius 1 is 1.60 bits per heavy atom. The predicted octanol–water partition coefficient (Wildman–Crippen LogP) is 3.47. The van der Waals surface area contributed by atoms with Crippen molar-refractivity contribution in [2.45, 2.75) is 13.3 Å². The quantitative estimate of drug-likeness (QED) is 0.731. The van der Waals surface area contributed by atoms with E-state index in [0.717, 1.165) is 5.56 Å². The van der Waals surface area contributed by atoms with Crippen LogP contribution in [0.1, 0.15) is 29.3 Å². The lowest BCUT2D eigenvalue weighted by Gasteiger charge is -2.00. The lowest BCUT2D eigenvalue weighted by Crippen LogP contribution is -1.92. The maximum Gasteiger partial charge on any atom is 0.161 e. The molecule has 0 unspecified atom stereocenters. The second-order valence-corrected chi connectivity index (χ2v) is 3.47. The summed E-state index contributed by atoms with van der Waals surface area (Å²) in [5, 5.41) is 8.79. The Kier molecular flexibility index (Phi) is 4.08. The van der Waals surface area contributed by atoms with Gasteiger partial charge in [0.05, 0.1) is 17.5 Å². The predicted molar refractivity (Wildman–Crippen MR) is 60.7 cm³/mol. The standard InChI is InChI=1S/C12H10ClNO/c1-9(15)11-6-5-10(8-12(11)13)4-2-3-7-14/h2,4-6,8H,3H2,1H3. The van der Waals surface area contributed by atoms with Crippen LogP contribution < -0.4 is 0 Å². The van der Waals surface area contributed by atoms with E-state index in [1.807, 2.05) is 6.07 Å². The van der Waals surface area contributed by atoms with Gasteiger partial charge in [0.25, 0.3) is 0 Å². The molecule has 15 heavy (non-hydrogen) atoms. The van der Waals surface area contributed by atoms with E-state index in [4.69, 9.17) is 16.9 Å². The highest BCUT2D eigenvalue weighted by molar-refractivity contribution is 6.34. The minimum atomic E-state index is -0.0486. The molecule has 2 nitrogen and oxygen atoms in total. The van der Waals surface area contributed by atoms with Gasteiger partial charge in [-0.15, -0.1) is 0 Å². The normalized spacial score (nSPS) is 10.2. The molecule has 0 N–H and O–H groups in total. The monoisotopic (exact) mass is 219 g/mol. The van der Waals surface area contributed by atoms with Crippen LogP contribution in [0.5, 0.6) is 0 Å². The summed E-state index contributed by atoms with van der Waals surface area (Å²) in [4.78, 5) is 11.1. The fourth-order valence-electron chi connectivity index (χ4n) is 1.17. The molecule has 1 aromatic rings. The third kappa shape index (κ3) is 3.23. The van der Waals surface area contributed by atoms with Gasteiger partial charge in [-0.25, -0.2) is 0 Å². The van der Waals surface area contributed by atoms with Gasteiger partial charge >= 0.3 is 0 Å². The van der Waals surface area contributed by atoms with Crippen molar-refractivity contribution in [3.63, 3.8) is 0 Å². The molecule has 1 rings (SSSR count). The molecule has 1 aromatic carbocycles. The number of hydrogen-bond acceptors (Lipinski definition) is 2. The number of halogens is 1. The van der Waals surface area contributed by atoms with Gasteiger partial charge in [-0.2, -0.15) is 5.26 Å². The zero-order valence-electron chi connectivity index (χ0n) is 8.33. The van der Waals surface area contributed by atoms with Crippen LogP contribution in [0.2, 0.25) is 5.02 Å². The van der Waals surface area contributed by atoms with Gasteiger partial charge in [0.2, 0.25) is 0 Å². The van der Waals surface area contributed by atoms with E-state index in [9.17, 15) is 4.79 Å². The molecule has 0 saturated carbocycles. The highest BCUT2D eigenvalue weighted by Gasteiger charge is 2.04. The number of hydrogen-bond donors (Lipinski definition) is 0. The largest absolute Gasteiger partial charge is 0.294 e. The first-order valence-electron chi connectivity index (χ1n) is 4.49. The Balaban J connectivity index is 2.93. The number of nitriles is 1. The van der Waals surface area contributed by atoms with Crippen molar-refractivity contribution in [3.05, 3.63) is 40.4 Å². The van der Waals surface area contributed by atoms with E-state index in [0.29, 0.717) is 17.0 Å². The van der Waals surface area contributed by atoms with E-state index in [-0.39, 0.29) is 5.78 Å². The molecular weight excluding hydrogens is 210 g/mol. The van der Waals surface area contributed by atoms with Crippen LogP contribution in [0.15, 0.2) is 24.3 Å². The van der Waals surface area contributed by atoms with E-state index in [1.54, 1.807) is 30.4 Å². The topological polar surface area (TPSA) is 40.9 Å². The number of Topliss-reactive ketones (excluding diaryl/α,β-unsaturated/α-hetero) is 1. The zero-order valence-corrected chi connectivity index (χ0v) is 9.08. The number of carbonyl (C=O) groups excluding carboxylic acids is 1. The van der Waals surface area contributed by atoms with Gasteiger partial charge in [-0.05, 0) is 24.6 Å². The minimum absolute atomic E-state index is 0.0486. The van der Waals surface area contributed by atoms with Crippen molar-refractivity contribution >= 4 is 23.5 Å². The van der Waals surface area contributed by atoms with Crippen LogP contribution in [0.4, 0.5) is 0 Å². The lowest BCUT2D eigenvalue weighted by atomic mass is 10.1. The smallest absolute Gasteiger partial charge is 0.161 e. The molecule has 0 aliphatic carbocycles. The Bertz CT molecular complexity index is 443. The number of carbonyl (C=O) groups is 1. The molecule has 0 spiro atoms. The van der Waals surface area contributed by atoms with Crippen molar-refractivity contribution in [1.82, 2.24) is 0 Å². The van der Waals surface area contributed by atoms with Crippen molar-refractivity contribution in [2.75, 3.05) is 0 Å². The van der Waals surface area contributed by atoms with Crippen molar-refractivity contribution in [2.24, 2.45) is 0 Å². The van der Waals surface area contributed by atoms with Crippen LogP contribution in [0.3, 0.4) is 0 Å². The summed E-state index contributed by atoms with van der Waals surface area (Å²) in [5.74, 6) is -0.0486. The van der Waals surface area contributed by atoms with Crippen LogP contribution >= 0.6 is 11.6 Å². The summed E-state index contributed by atoms with van der Waals surface area (Å²) in [6, 6.07) is 7.22. The Labute approximate surface area is 93.8 Å². The van der Waals surface area contributed by atoms with Crippen LogP contribution in [0, 0.1) is 11.3 Å². The second kappa shape index (κ2) is 5.33. The fourth-order valence-corrected chi connectivity index (χ4v) is 1.49. The summed E-state index contributed by atoms with van der Waals surface area (Å²) < 4.78 is 0.